The van der Waals surface area contributed by atoms with Crippen LogP contribution in [-0.4, -0.2) is 27.5 Å². The monoisotopic (exact) mass is 251 g/mol. The van der Waals surface area contributed by atoms with Crippen molar-refractivity contribution in [3.05, 3.63) is 17.5 Å². The Kier molecular flexibility index (Phi) is 4.40. The summed E-state index contributed by atoms with van der Waals surface area (Å²) in [5.74, 6) is 0.415. The molecular weight excluding hydrogens is 226 g/mol. The molecular formula is C14H25N3O. The molecule has 4 nitrogen and oxygen atoms in total. The van der Waals surface area contributed by atoms with Gasteiger partial charge in [0.15, 0.2) is 0 Å². The lowest BCUT2D eigenvalue weighted by Gasteiger charge is -2.33. The molecule has 1 fully saturated rings. The number of aromatic nitrogens is 2. The Bertz CT molecular complexity index is 388. The van der Waals surface area contributed by atoms with Gasteiger partial charge >= 0.3 is 0 Å². The molecule has 3 unspecified atom stereocenters. The third-order valence-electron chi connectivity index (χ3n) is 4.13. The van der Waals surface area contributed by atoms with Crippen LogP contribution in [0.4, 0.5) is 0 Å². The van der Waals surface area contributed by atoms with E-state index in [1.807, 2.05) is 11.7 Å². The van der Waals surface area contributed by atoms with Crippen molar-refractivity contribution in [1.82, 2.24) is 15.1 Å². The fourth-order valence-electron chi connectivity index (χ4n) is 3.10. The van der Waals surface area contributed by atoms with Crippen LogP contribution in [0.2, 0.25) is 0 Å². The minimum absolute atomic E-state index is 0.302. The van der Waals surface area contributed by atoms with Gasteiger partial charge in [-0.15, -0.1) is 0 Å². The molecule has 1 saturated carbocycles. The van der Waals surface area contributed by atoms with Gasteiger partial charge in [0.25, 0.3) is 0 Å². The van der Waals surface area contributed by atoms with E-state index >= 15 is 0 Å². The first-order valence-electron chi connectivity index (χ1n) is 6.99. The topological polar surface area (TPSA) is 50.1 Å². The molecule has 2 N–H and O–H groups in total. The van der Waals surface area contributed by atoms with Gasteiger partial charge in [0, 0.05) is 37.5 Å². The average Bonchev–Trinajstić information content (AvgIpc) is 2.69. The van der Waals surface area contributed by atoms with Crippen molar-refractivity contribution in [1.29, 1.82) is 0 Å². The SMILES string of the molecule is Cc1nn(C)cc1C(C)NC1CCCCC1CO. The maximum Gasteiger partial charge on any atom is 0.0641 e. The molecule has 1 aliphatic rings. The summed E-state index contributed by atoms with van der Waals surface area (Å²) in [5, 5.41) is 17.5. The van der Waals surface area contributed by atoms with E-state index in [0.29, 0.717) is 24.6 Å². The number of hydrogen-bond donors (Lipinski definition) is 2. The second kappa shape index (κ2) is 5.85. The number of aliphatic hydroxyl groups excluding tert-OH is 1. The minimum atomic E-state index is 0.302. The highest BCUT2D eigenvalue weighted by Gasteiger charge is 2.26. The third-order valence-corrected chi connectivity index (χ3v) is 4.13. The van der Waals surface area contributed by atoms with Gasteiger partial charge in [0.2, 0.25) is 0 Å². The molecule has 3 atom stereocenters. The number of aryl methyl sites for hydroxylation is 2. The standard InChI is InChI=1S/C14H25N3O/c1-10(13-8-17(3)16-11(13)2)15-14-7-5-4-6-12(14)9-18/h8,10,12,14-15,18H,4-7,9H2,1-3H3. The molecule has 18 heavy (non-hydrogen) atoms. The second-order valence-corrected chi connectivity index (χ2v) is 5.57. The first-order chi connectivity index (χ1) is 8.61. The predicted molar refractivity (Wildman–Crippen MR) is 72.3 cm³/mol. The van der Waals surface area contributed by atoms with Gasteiger partial charge in [-0.3, -0.25) is 4.68 Å². The van der Waals surface area contributed by atoms with Crippen LogP contribution in [0.3, 0.4) is 0 Å². The molecule has 2 rings (SSSR count). The quantitative estimate of drug-likeness (QED) is 0.859. The molecule has 1 heterocycles. The maximum atomic E-state index is 9.45. The largest absolute Gasteiger partial charge is 0.396 e. The van der Waals surface area contributed by atoms with Crippen LogP contribution in [0.1, 0.15) is 49.9 Å². The van der Waals surface area contributed by atoms with Gasteiger partial charge in [-0.2, -0.15) is 5.10 Å². The summed E-state index contributed by atoms with van der Waals surface area (Å²) in [6, 6.07) is 0.745. The van der Waals surface area contributed by atoms with Crippen molar-refractivity contribution >= 4 is 0 Å². The summed E-state index contributed by atoms with van der Waals surface area (Å²) < 4.78 is 1.87. The van der Waals surface area contributed by atoms with Crippen LogP contribution in [0.15, 0.2) is 6.20 Å². The van der Waals surface area contributed by atoms with Crippen LogP contribution in [0, 0.1) is 12.8 Å². The first kappa shape index (κ1) is 13.6. The van der Waals surface area contributed by atoms with Crippen LogP contribution in [0.5, 0.6) is 0 Å². The van der Waals surface area contributed by atoms with Crippen LogP contribution < -0.4 is 5.32 Å². The van der Waals surface area contributed by atoms with Crippen molar-refractivity contribution in [2.24, 2.45) is 13.0 Å². The third kappa shape index (κ3) is 2.93. The lowest BCUT2D eigenvalue weighted by atomic mass is 9.84. The smallest absolute Gasteiger partial charge is 0.0641 e. The number of rotatable bonds is 4. The average molecular weight is 251 g/mol. The lowest BCUT2D eigenvalue weighted by Crippen LogP contribution is -2.41. The predicted octanol–water partition coefficient (Wildman–Crippen LogP) is 1.93. The Morgan fingerprint density at radius 2 is 2.22 bits per heavy atom. The van der Waals surface area contributed by atoms with Crippen molar-refractivity contribution in [2.45, 2.75) is 51.6 Å². The van der Waals surface area contributed by atoms with Crippen molar-refractivity contribution in [2.75, 3.05) is 6.61 Å². The molecule has 0 aliphatic heterocycles. The van der Waals surface area contributed by atoms with E-state index in [1.54, 1.807) is 0 Å². The van der Waals surface area contributed by atoms with Crippen LogP contribution in [-0.2, 0) is 7.05 Å². The Morgan fingerprint density at radius 1 is 1.50 bits per heavy atom. The van der Waals surface area contributed by atoms with E-state index in [2.05, 4.69) is 30.5 Å². The number of nitrogens with zero attached hydrogens (tertiary/aromatic N) is 2. The fraction of sp³-hybridized carbons (Fsp3) is 0.786. The molecule has 0 saturated heterocycles. The molecule has 0 radical (unpaired) electrons. The van der Waals surface area contributed by atoms with Crippen molar-refractivity contribution in [3.63, 3.8) is 0 Å². The highest BCUT2D eigenvalue weighted by molar-refractivity contribution is 5.19. The first-order valence-corrected chi connectivity index (χ1v) is 6.99. The van der Waals surface area contributed by atoms with Gasteiger partial charge in [0.1, 0.15) is 0 Å². The molecule has 1 aliphatic carbocycles. The van der Waals surface area contributed by atoms with E-state index in [0.717, 1.165) is 12.1 Å². The summed E-state index contributed by atoms with van der Waals surface area (Å²) in [4.78, 5) is 0. The number of aliphatic hydroxyl groups is 1. The molecule has 1 aromatic rings. The van der Waals surface area contributed by atoms with E-state index in [9.17, 15) is 5.11 Å². The molecule has 1 aromatic heterocycles. The summed E-state index contributed by atoms with van der Waals surface area (Å²) in [5.41, 5.74) is 2.36. The van der Waals surface area contributed by atoms with E-state index in [1.165, 1.54) is 24.8 Å². The molecule has 0 amide bonds. The minimum Gasteiger partial charge on any atom is -0.396 e. The molecule has 0 aromatic carbocycles. The van der Waals surface area contributed by atoms with Gasteiger partial charge in [0.05, 0.1) is 5.69 Å². The van der Waals surface area contributed by atoms with E-state index in [-0.39, 0.29) is 0 Å². The van der Waals surface area contributed by atoms with Gasteiger partial charge in [-0.05, 0) is 32.6 Å². The zero-order valence-corrected chi connectivity index (χ0v) is 11.7. The summed E-state index contributed by atoms with van der Waals surface area (Å²) in [7, 11) is 1.96. The molecule has 0 spiro atoms. The Labute approximate surface area is 109 Å². The number of nitrogens with one attached hydrogen (secondary N) is 1. The normalized spacial score (nSPS) is 26.2. The maximum absolute atomic E-state index is 9.45. The van der Waals surface area contributed by atoms with Crippen LogP contribution >= 0.6 is 0 Å². The van der Waals surface area contributed by atoms with E-state index < -0.39 is 0 Å². The molecule has 102 valence electrons. The van der Waals surface area contributed by atoms with Gasteiger partial charge in [-0.25, -0.2) is 0 Å². The lowest BCUT2D eigenvalue weighted by molar-refractivity contribution is 0.147. The summed E-state index contributed by atoms with van der Waals surface area (Å²) >= 11 is 0. The summed E-state index contributed by atoms with van der Waals surface area (Å²) in [6.07, 6.45) is 6.93. The Balaban J connectivity index is 2.01. The zero-order chi connectivity index (χ0) is 13.1. The van der Waals surface area contributed by atoms with Gasteiger partial charge in [-0.1, -0.05) is 12.8 Å². The van der Waals surface area contributed by atoms with Crippen molar-refractivity contribution < 1.29 is 5.11 Å². The highest BCUT2D eigenvalue weighted by atomic mass is 16.3. The van der Waals surface area contributed by atoms with Gasteiger partial charge < -0.3 is 10.4 Å². The Morgan fingerprint density at radius 3 is 2.83 bits per heavy atom. The second-order valence-electron chi connectivity index (χ2n) is 5.57. The van der Waals surface area contributed by atoms with E-state index in [4.69, 9.17) is 0 Å². The molecule has 4 heteroatoms. The van der Waals surface area contributed by atoms with Crippen molar-refractivity contribution in [3.8, 4) is 0 Å². The fourth-order valence-corrected chi connectivity index (χ4v) is 3.10. The Hall–Kier alpha value is -0.870. The number of hydrogen-bond acceptors (Lipinski definition) is 3. The molecule has 0 bridgehead atoms. The summed E-state index contributed by atoms with van der Waals surface area (Å²) in [6.45, 7) is 4.54. The zero-order valence-electron chi connectivity index (χ0n) is 11.7. The highest BCUT2D eigenvalue weighted by Crippen LogP contribution is 2.27. The van der Waals surface area contributed by atoms with Crippen LogP contribution in [0.25, 0.3) is 0 Å².